The molecule has 0 spiro atoms. The van der Waals surface area contributed by atoms with Crippen LogP contribution < -0.4 is 4.90 Å². The Morgan fingerprint density at radius 2 is 1.60 bits per heavy atom. The average molecular weight is 346 g/mol. The van der Waals surface area contributed by atoms with Crippen molar-refractivity contribution in [2.45, 2.75) is 6.18 Å². The van der Waals surface area contributed by atoms with Gasteiger partial charge in [-0.2, -0.15) is 13.2 Å². The van der Waals surface area contributed by atoms with Crippen LogP contribution in [0.3, 0.4) is 0 Å². The maximum absolute atomic E-state index is 12.8. The number of alkyl halides is 3. The number of benzene rings is 2. The van der Waals surface area contributed by atoms with Crippen LogP contribution in [0.2, 0.25) is 0 Å². The van der Waals surface area contributed by atoms with Crippen LogP contribution in [-0.4, -0.2) is 37.6 Å². The fourth-order valence-electron chi connectivity index (χ4n) is 2.97. The molecule has 2 aromatic rings. The molecule has 0 saturated carbocycles. The summed E-state index contributed by atoms with van der Waals surface area (Å²) in [5, 5.41) is 0. The molecular formula is C20H21F3N2. The number of hydrogen-bond donors (Lipinski definition) is 0. The van der Waals surface area contributed by atoms with Gasteiger partial charge in [-0.25, -0.2) is 0 Å². The number of hydrogen-bond acceptors (Lipinski definition) is 2. The van der Waals surface area contributed by atoms with Gasteiger partial charge in [-0.3, -0.25) is 4.90 Å². The van der Waals surface area contributed by atoms with Gasteiger partial charge in [-0.05, 0) is 23.8 Å². The molecule has 2 aromatic carbocycles. The fourth-order valence-corrected chi connectivity index (χ4v) is 2.97. The van der Waals surface area contributed by atoms with Gasteiger partial charge < -0.3 is 4.90 Å². The van der Waals surface area contributed by atoms with E-state index in [1.807, 2.05) is 23.1 Å². The van der Waals surface area contributed by atoms with E-state index in [0.717, 1.165) is 38.8 Å². The maximum atomic E-state index is 12.8. The molecular weight excluding hydrogens is 325 g/mol. The highest BCUT2D eigenvalue weighted by atomic mass is 19.4. The van der Waals surface area contributed by atoms with Gasteiger partial charge in [0, 0.05) is 38.4 Å². The lowest BCUT2D eigenvalue weighted by atomic mass is 10.1. The highest BCUT2D eigenvalue weighted by molar-refractivity contribution is 5.50. The van der Waals surface area contributed by atoms with E-state index in [1.165, 1.54) is 17.7 Å². The Balaban J connectivity index is 1.53. The van der Waals surface area contributed by atoms with E-state index in [4.69, 9.17) is 0 Å². The second-order valence-electron chi connectivity index (χ2n) is 6.15. The summed E-state index contributed by atoms with van der Waals surface area (Å²) in [4.78, 5) is 4.33. The van der Waals surface area contributed by atoms with Crippen LogP contribution in [0.1, 0.15) is 11.1 Å². The third kappa shape index (κ3) is 4.86. The van der Waals surface area contributed by atoms with Gasteiger partial charge in [0.2, 0.25) is 0 Å². The summed E-state index contributed by atoms with van der Waals surface area (Å²) in [7, 11) is 0. The van der Waals surface area contributed by atoms with Crippen molar-refractivity contribution in [1.82, 2.24) is 4.90 Å². The van der Waals surface area contributed by atoms with E-state index in [0.29, 0.717) is 5.69 Å². The van der Waals surface area contributed by atoms with Crippen molar-refractivity contribution in [3.05, 3.63) is 71.8 Å². The summed E-state index contributed by atoms with van der Waals surface area (Å²) < 4.78 is 38.5. The SMILES string of the molecule is FC(F)(F)c1cccc(N2CCN(CC=Cc3ccccc3)CC2)c1. The van der Waals surface area contributed by atoms with Crippen LogP contribution in [0.25, 0.3) is 6.08 Å². The van der Waals surface area contributed by atoms with Crippen LogP contribution in [-0.2, 0) is 6.18 Å². The van der Waals surface area contributed by atoms with Gasteiger partial charge in [0.1, 0.15) is 0 Å². The topological polar surface area (TPSA) is 6.48 Å². The minimum atomic E-state index is -4.29. The van der Waals surface area contributed by atoms with Crippen LogP contribution in [0.15, 0.2) is 60.7 Å². The van der Waals surface area contributed by atoms with E-state index in [1.54, 1.807) is 6.07 Å². The van der Waals surface area contributed by atoms with Crippen molar-refractivity contribution in [2.75, 3.05) is 37.6 Å². The second kappa shape index (κ2) is 7.74. The monoisotopic (exact) mass is 346 g/mol. The summed E-state index contributed by atoms with van der Waals surface area (Å²) in [6, 6.07) is 15.7. The Labute approximate surface area is 146 Å². The van der Waals surface area contributed by atoms with Crippen molar-refractivity contribution < 1.29 is 13.2 Å². The first-order valence-corrected chi connectivity index (χ1v) is 8.38. The molecule has 5 heteroatoms. The highest BCUT2D eigenvalue weighted by Gasteiger charge is 2.31. The predicted molar refractivity (Wildman–Crippen MR) is 95.6 cm³/mol. The molecule has 0 amide bonds. The summed E-state index contributed by atoms with van der Waals surface area (Å²) in [6.07, 6.45) is -0.0610. The van der Waals surface area contributed by atoms with Gasteiger partial charge in [-0.15, -0.1) is 0 Å². The van der Waals surface area contributed by atoms with Crippen molar-refractivity contribution in [3.8, 4) is 0 Å². The van der Waals surface area contributed by atoms with E-state index in [-0.39, 0.29) is 0 Å². The van der Waals surface area contributed by atoms with E-state index < -0.39 is 11.7 Å². The fraction of sp³-hybridized carbons (Fsp3) is 0.300. The largest absolute Gasteiger partial charge is 0.416 e. The molecule has 0 aromatic heterocycles. The summed E-state index contributed by atoms with van der Waals surface area (Å²) >= 11 is 0. The van der Waals surface area contributed by atoms with Crippen molar-refractivity contribution >= 4 is 11.8 Å². The number of rotatable bonds is 4. The van der Waals surface area contributed by atoms with E-state index >= 15 is 0 Å². The zero-order chi connectivity index (χ0) is 17.7. The minimum Gasteiger partial charge on any atom is -0.369 e. The lowest BCUT2D eigenvalue weighted by molar-refractivity contribution is -0.137. The molecule has 2 nitrogen and oxygen atoms in total. The summed E-state index contributed by atoms with van der Waals surface area (Å²) in [5.41, 5.74) is 1.23. The first-order chi connectivity index (χ1) is 12.0. The molecule has 0 atom stereocenters. The summed E-state index contributed by atoms with van der Waals surface area (Å²) in [5.74, 6) is 0. The van der Waals surface area contributed by atoms with E-state index in [9.17, 15) is 13.2 Å². The molecule has 0 bridgehead atoms. The molecule has 1 aliphatic heterocycles. The maximum Gasteiger partial charge on any atom is 0.416 e. The molecule has 3 rings (SSSR count). The predicted octanol–water partition coefficient (Wildman–Crippen LogP) is 4.54. The lowest BCUT2D eigenvalue weighted by Crippen LogP contribution is -2.46. The van der Waals surface area contributed by atoms with Crippen LogP contribution in [0.4, 0.5) is 18.9 Å². The van der Waals surface area contributed by atoms with Gasteiger partial charge in [0.05, 0.1) is 5.56 Å². The molecule has 1 aliphatic rings. The van der Waals surface area contributed by atoms with Crippen LogP contribution in [0, 0.1) is 0 Å². The average Bonchev–Trinajstić information content (AvgIpc) is 2.63. The van der Waals surface area contributed by atoms with Gasteiger partial charge in [0.25, 0.3) is 0 Å². The Morgan fingerprint density at radius 1 is 0.880 bits per heavy atom. The van der Waals surface area contributed by atoms with Gasteiger partial charge >= 0.3 is 6.18 Å². The zero-order valence-corrected chi connectivity index (χ0v) is 13.9. The molecule has 1 heterocycles. The molecule has 0 N–H and O–H groups in total. The Hall–Kier alpha value is -2.27. The summed E-state index contributed by atoms with van der Waals surface area (Å²) in [6.45, 7) is 4.01. The number of anilines is 1. The molecule has 132 valence electrons. The van der Waals surface area contributed by atoms with Gasteiger partial charge in [0.15, 0.2) is 0 Å². The van der Waals surface area contributed by atoms with Crippen molar-refractivity contribution in [1.29, 1.82) is 0 Å². The molecule has 0 unspecified atom stereocenters. The van der Waals surface area contributed by atoms with Gasteiger partial charge in [-0.1, -0.05) is 48.6 Å². The highest BCUT2D eigenvalue weighted by Crippen LogP contribution is 2.31. The first kappa shape index (κ1) is 17.5. The Morgan fingerprint density at radius 3 is 2.28 bits per heavy atom. The third-order valence-corrected chi connectivity index (χ3v) is 4.38. The second-order valence-corrected chi connectivity index (χ2v) is 6.15. The number of piperazine rings is 1. The standard InChI is InChI=1S/C20H21F3N2/c21-20(22,23)18-9-4-10-19(16-18)25-14-12-24(13-15-25)11-5-8-17-6-2-1-3-7-17/h1-10,16H,11-15H2. The molecule has 0 aliphatic carbocycles. The smallest absolute Gasteiger partial charge is 0.369 e. The Kier molecular flexibility index (Phi) is 5.43. The number of nitrogens with zero attached hydrogens (tertiary/aromatic N) is 2. The van der Waals surface area contributed by atoms with E-state index in [2.05, 4.69) is 29.2 Å². The normalized spacial score (nSPS) is 16.5. The molecule has 1 fully saturated rings. The molecule has 1 saturated heterocycles. The lowest BCUT2D eigenvalue weighted by Gasteiger charge is -2.35. The Bertz CT molecular complexity index is 702. The third-order valence-electron chi connectivity index (χ3n) is 4.38. The molecule has 0 radical (unpaired) electrons. The van der Waals surface area contributed by atoms with Crippen molar-refractivity contribution in [2.24, 2.45) is 0 Å². The quantitative estimate of drug-likeness (QED) is 0.802. The first-order valence-electron chi connectivity index (χ1n) is 8.38. The van der Waals surface area contributed by atoms with Crippen molar-refractivity contribution in [3.63, 3.8) is 0 Å². The van der Waals surface area contributed by atoms with Crippen LogP contribution in [0.5, 0.6) is 0 Å². The van der Waals surface area contributed by atoms with Crippen LogP contribution >= 0.6 is 0 Å². The zero-order valence-electron chi connectivity index (χ0n) is 13.9. The molecule has 25 heavy (non-hydrogen) atoms. The minimum absolute atomic E-state index is 0.585. The number of halogens is 3.